The number of ether oxygens (including phenoxy) is 5. The predicted molar refractivity (Wildman–Crippen MR) is 85.0 cm³/mol. The van der Waals surface area contributed by atoms with Crippen LogP contribution in [0.4, 0.5) is 0 Å². The number of hydrogen-bond donors (Lipinski definition) is 0. The van der Waals surface area contributed by atoms with Crippen LogP contribution < -0.4 is 0 Å². The molecule has 1 aliphatic heterocycles. The molecule has 0 aliphatic carbocycles. The van der Waals surface area contributed by atoms with E-state index in [1.54, 1.807) is 0 Å². The third-order valence-corrected chi connectivity index (χ3v) is 3.59. The number of carbonyl (C=O) groups is 4. The molecular weight excluding hydrogens is 380 g/mol. The summed E-state index contributed by atoms with van der Waals surface area (Å²) in [5.74, 6) is -2.73. The molecule has 13 nitrogen and oxygen atoms in total. The zero-order chi connectivity index (χ0) is 20.8. The van der Waals surface area contributed by atoms with Crippen molar-refractivity contribution >= 4 is 23.9 Å². The Bertz CT molecular complexity index is 723. The smallest absolute Gasteiger partial charge is 0.303 e. The minimum Gasteiger partial charge on any atom is -0.463 e. The Morgan fingerprint density at radius 3 is 1.96 bits per heavy atom. The SMILES string of the molecule is CC(=O)OC[C@H]1O[C@@H](n2cnnn2)[C@H](OC(C)=O)[C@@H](OC(C)=O)[C@@H]1OC(C)=O. The van der Waals surface area contributed by atoms with Crippen LogP contribution in [0.15, 0.2) is 6.33 Å². The highest BCUT2D eigenvalue weighted by Crippen LogP contribution is 2.34. The quantitative estimate of drug-likeness (QED) is 0.421. The first-order chi connectivity index (χ1) is 13.2. The summed E-state index contributed by atoms with van der Waals surface area (Å²) >= 11 is 0. The molecule has 2 rings (SSSR count). The van der Waals surface area contributed by atoms with E-state index < -0.39 is 54.5 Å². The summed E-state index contributed by atoms with van der Waals surface area (Å²) in [6.07, 6.45) is -4.75. The Labute approximate surface area is 159 Å². The van der Waals surface area contributed by atoms with Crippen molar-refractivity contribution in [2.24, 2.45) is 0 Å². The lowest BCUT2D eigenvalue weighted by Crippen LogP contribution is -2.60. The third kappa shape index (κ3) is 5.45. The molecule has 0 bridgehead atoms. The normalized spacial score (nSPS) is 26.8. The van der Waals surface area contributed by atoms with Gasteiger partial charge in [0.05, 0.1) is 0 Å². The van der Waals surface area contributed by atoms with E-state index in [0.29, 0.717) is 0 Å². The average molecular weight is 400 g/mol. The number of nitrogens with zero attached hydrogens (tertiary/aromatic N) is 4. The largest absolute Gasteiger partial charge is 0.463 e. The topological polar surface area (TPSA) is 158 Å². The van der Waals surface area contributed by atoms with E-state index in [1.807, 2.05) is 0 Å². The molecular formula is C15H20N4O9. The van der Waals surface area contributed by atoms with Gasteiger partial charge in [-0.3, -0.25) is 19.2 Å². The maximum absolute atomic E-state index is 11.7. The summed E-state index contributed by atoms with van der Waals surface area (Å²) in [4.78, 5) is 46.1. The van der Waals surface area contributed by atoms with Crippen LogP contribution in [-0.2, 0) is 42.9 Å². The van der Waals surface area contributed by atoms with Crippen molar-refractivity contribution in [2.45, 2.75) is 58.3 Å². The van der Waals surface area contributed by atoms with Crippen molar-refractivity contribution in [1.82, 2.24) is 20.2 Å². The maximum atomic E-state index is 11.7. The van der Waals surface area contributed by atoms with Crippen molar-refractivity contribution in [2.75, 3.05) is 6.61 Å². The van der Waals surface area contributed by atoms with E-state index in [-0.39, 0.29) is 6.61 Å². The van der Waals surface area contributed by atoms with Crippen molar-refractivity contribution in [1.29, 1.82) is 0 Å². The molecule has 2 heterocycles. The third-order valence-electron chi connectivity index (χ3n) is 3.59. The summed E-state index contributed by atoms with van der Waals surface area (Å²) in [6, 6.07) is 0. The molecule has 1 aromatic rings. The van der Waals surface area contributed by atoms with Crippen LogP contribution in [0.25, 0.3) is 0 Å². The molecule has 154 valence electrons. The van der Waals surface area contributed by atoms with E-state index in [4.69, 9.17) is 23.7 Å². The average Bonchev–Trinajstić information content (AvgIpc) is 3.09. The van der Waals surface area contributed by atoms with Gasteiger partial charge in [-0.25, -0.2) is 0 Å². The molecule has 28 heavy (non-hydrogen) atoms. The van der Waals surface area contributed by atoms with Crippen LogP contribution >= 0.6 is 0 Å². The first-order valence-electron chi connectivity index (χ1n) is 8.22. The van der Waals surface area contributed by atoms with E-state index >= 15 is 0 Å². The number of hydrogen-bond acceptors (Lipinski definition) is 12. The molecule has 0 saturated carbocycles. The zero-order valence-corrected chi connectivity index (χ0v) is 15.6. The van der Waals surface area contributed by atoms with Gasteiger partial charge in [0.15, 0.2) is 24.5 Å². The monoisotopic (exact) mass is 400 g/mol. The van der Waals surface area contributed by atoms with Crippen molar-refractivity contribution in [3.05, 3.63) is 6.33 Å². The Morgan fingerprint density at radius 1 is 0.893 bits per heavy atom. The Balaban J connectivity index is 2.45. The molecule has 1 fully saturated rings. The minimum atomic E-state index is -1.27. The van der Waals surface area contributed by atoms with Crippen LogP contribution in [0, 0.1) is 0 Å². The number of carbonyl (C=O) groups excluding carboxylic acids is 4. The number of esters is 4. The fourth-order valence-corrected chi connectivity index (χ4v) is 2.70. The minimum absolute atomic E-state index is 0.323. The van der Waals surface area contributed by atoms with Gasteiger partial charge in [-0.15, -0.1) is 5.10 Å². The van der Waals surface area contributed by atoms with Crippen LogP contribution in [0.3, 0.4) is 0 Å². The molecule has 0 N–H and O–H groups in total. The van der Waals surface area contributed by atoms with E-state index in [9.17, 15) is 19.2 Å². The lowest BCUT2D eigenvalue weighted by Gasteiger charge is -2.43. The first-order valence-corrected chi connectivity index (χ1v) is 8.22. The molecule has 0 unspecified atom stereocenters. The number of tetrazole rings is 1. The van der Waals surface area contributed by atoms with Gasteiger partial charge in [-0.05, 0) is 10.4 Å². The molecule has 0 spiro atoms. The number of aromatic nitrogens is 4. The zero-order valence-electron chi connectivity index (χ0n) is 15.6. The summed E-state index contributed by atoms with van der Waals surface area (Å²) < 4.78 is 27.7. The van der Waals surface area contributed by atoms with Gasteiger partial charge in [0.1, 0.15) is 19.0 Å². The molecule has 1 aromatic heterocycles. The van der Waals surface area contributed by atoms with E-state index in [1.165, 1.54) is 13.3 Å². The van der Waals surface area contributed by atoms with Crippen LogP contribution in [-0.4, -0.2) is 75.1 Å². The summed E-state index contributed by atoms with van der Waals surface area (Å²) in [5, 5.41) is 10.7. The highest BCUT2D eigenvalue weighted by molar-refractivity contribution is 5.68. The molecule has 1 aliphatic rings. The Morgan fingerprint density at radius 2 is 1.46 bits per heavy atom. The van der Waals surface area contributed by atoms with Crippen LogP contribution in [0.5, 0.6) is 0 Å². The predicted octanol–water partition coefficient (Wildman–Crippen LogP) is -1.07. The van der Waals surface area contributed by atoms with Crippen molar-refractivity contribution < 1.29 is 42.9 Å². The lowest BCUT2D eigenvalue weighted by molar-refractivity contribution is -0.270. The second-order valence-corrected chi connectivity index (χ2v) is 5.88. The fourth-order valence-electron chi connectivity index (χ4n) is 2.70. The number of rotatable bonds is 6. The highest BCUT2D eigenvalue weighted by atomic mass is 16.7. The second kappa shape index (κ2) is 9.21. The molecule has 5 atom stereocenters. The van der Waals surface area contributed by atoms with Gasteiger partial charge >= 0.3 is 23.9 Å². The molecule has 1 saturated heterocycles. The summed E-state index contributed by atoms with van der Waals surface area (Å²) in [6.45, 7) is 4.29. The fraction of sp³-hybridized carbons (Fsp3) is 0.667. The highest BCUT2D eigenvalue weighted by Gasteiger charge is 2.53. The summed E-state index contributed by atoms with van der Waals surface area (Å²) in [7, 11) is 0. The Kier molecular flexibility index (Phi) is 6.98. The second-order valence-electron chi connectivity index (χ2n) is 5.88. The maximum Gasteiger partial charge on any atom is 0.303 e. The van der Waals surface area contributed by atoms with Gasteiger partial charge < -0.3 is 23.7 Å². The van der Waals surface area contributed by atoms with E-state index in [2.05, 4.69) is 15.5 Å². The van der Waals surface area contributed by atoms with Crippen LogP contribution in [0.1, 0.15) is 33.9 Å². The van der Waals surface area contributed by atoms with Gasteiger partial charge in [-0.1, -0.05) is 0 Å². The van der Waals surface area contributed by atoms with Crippen LogP contribution in [0.2, 0.25) is 0 Å². The van der Waals surface area contributed by atoms with Gasteiger partial charge in [-0.2, -0.15) is 4.68 Å². The molecule has 13 heteroatoms. The van der Waals surface area contributed by atoms with Crippen molar-refractivity contribution in [3.63, 3.8) is 0 Å². The Hall–Kier alpha value is -3.09. The van der Waals surface area contributed by atoms with Gasteiger partial charge in [0.2, 0.25) is 0 Å². The van der Waals surface area contributed by atoms with Crippen molar-refractivity contribution in [3.8, 4) is 0 Å². The van der Waals surface area contributed by atoms with Gasteiger partial charge in [0, 0.05) is 27.7 Å². The lowest BCUT2D eigenvalue weighted by atomic mass is 9.97. The molecule has 0 aromatic carbocycles. The molecule has 0 radical (unpaired) electrons. The molecule has 0 amide bonds. The first kappa shape index (κ1) is 21.2. The standard InChI is InChI=1S/C15H20N4O9/c1-7(20)24-5-11-12(25-8(2)21)13(26-9(3)22)14(27-10(4)23)15(28-11)19-6-16-17-18-19/h6,11-15H,5H2,1-4H3/t11-,12-,13+,14-,15-/m1/s1. The summed E-state index contributed by atoms with van der Waals surface area (Å²) in [5.41, 5.74) is 0. The van der Waals surface area contributed by atoms with E-state index in [0.717, 1.165) is 25.5 Å². The van der Waals surface area contributed by atoms with Gasteiger partial charge in [0.25, 0.3) is 0 Å².